The van der Waals surface area contributed by atoms with Crippen LogP contribution in [0, 0.1) is 38.3 Å². The summed E-state index contributed by atoms with van der Waals surface area (Å²) in [5.41, 5.74) is 5.34. The van der Waals surface area contributed by atoms with Crippen molar-refractivity contribution in [3.63, 3.8) is 0 Å². The van der Waals surface area contributed by atoms with Crippen molar-refractivity contribution in [2.45, 2.75) is 118 Å². The molecule has 8 rings (SSSR count). The maximum absolute atomic E-state index is 9.65. The summed E-state index contributed by atoms with van der Waals surface area (Å²) in [6.07, 6.45) is -0.144. The van der Waals surface area contributed by atoms with Crippen LogP contribution in [0.25, 0.3) is 27.6 Å². The van der Waals surface area contributed by atoms with E-state index in [0.29, 0.717) is 22.9 Å². The average molecular weight is 915 g/mol. The van der Waals surface area contributed by atoms with Gasteiger partial charge in [0.2, 0.25) is 0 Å². The summed E-state index contributed by atoms with van der Waals surface area (Å²) < 4.78 is 35.1. The number of hydrogen-bond donors (Lipinski definition) is 0. The first-order chi connectivity index (χ1) is 26.0. The number of nitrogens with zero attached hydrogens (tertiary/aromatic N) is 5. The predicted molar refractivity (Wildman–Crippen MR) is 217 cm³/mol. The Kier molecular flexibility index (Phi) is 8.48. The maximum Gasteiger partial charge on any atom is 2.00 e. The van der Waals surface area contributed by atoms with Gasteiger partial charge in [-0.05, 0) is 78.8 Å². The Morgan fingerprint density at radius 3 is 2.27 bits per heavy atom. The Balaban J connectivity index is 0.00000496. The second-order valence-corrected chi connectivity index (χ2v) is 18.4. The minimum atomic E-state index is -1.97. The van der Waals surface area contributed by atoms with Crippen LogP contribution >= 0.6 is 0 Å². The van der Waals surface area contributed by atoms with Gasteiger partial charge in [0, 0.05) is 59.9 Å². The summed E-state index contributed by atoms with van der Waals surface area (Å²) in [7, 11) is 0. The number of aromatic nitrogens is 4. The molecule has 2 atom stereocenters. The van der Waals surface area contributed by atoms with Crippen molar-refractivity contribution in [1.29, 1.82) is 0 Å². The van der Waals surface area contributed by atoms with Crippen LogP contribution in [0.1, 0.15) is 117 Å². The first-order valence-corrected chi connectivity index (χ1v) is 18.8. The van der Waals surface area contributed by atoms with Crippen LogP contribution in [0.2, 0.25) is 0 Å². The zero-order valence-electron chi connectivity index (χ0n) is 36.1. The van der Waals surface area contributed by atoms with E-state index >= 15 is 0 Å². The number of aliphatic imine (C=N–C) groups is 1. The largest absolute Gasteiger partial charge is 2.00 e. The van der Waals surface area contributed by atoms with Gasteiger partial charge in [-0.25, -0.2) is 4.98 Å². The molecule has 55 heavy (non-hydrogen) atoms. The van der Waals surface area contributed by atoms with Gasteiger partial charge in [-0.1, -0.05) is 87.1 Å². The number of benzene rings is 2. The molecule has 0 N–H and O–H groups in total. The van der Waals surface area contributed by atoms with E-state index < -0.39 is 22.9 Å². The van der Waals surface area contributed by atoms with Crippen molar-refractivity contribution in [3.05, 3.63) is 118 Å². The third-order valence-electron chi connectivity index (χ3n) is 11.1. The molecule has 0 unspecified atom stereocenters. The van der Waals surface area contributed by atoms with Gasteiger partial charge in [-0.2, -0.15) is 5.56 Å². The number of hydrogen-bond acceptors (Lipinski definition) is 6. The van der Waals surface area contributed by atoms with Crippen molar-refractivity contribution in [1.82, 2.24) is 19.5 Å². The topological polar surface area (TPSA) is 74.4 Å². The number of pyridine rings is 3. The van der Waals surface area contributed by atoms with E-state index in [-0.39, 0.29) is 37.8 Å². The van der Waals surface area contributed by atoms with Gasteiger partial charge in [0.15, 0.2) is 0 Å². The first-order valence-electron chi connectivity index (χ1n) is 19.8. The fourth-order valence-corrected chi connectivity index (χ4v) is 7.97. The summed E-state index contributed by atoms with van der Waals surface area (Å²) in [6, 6.07) is 25.7. The molecule has 7 nitrogen and oxygen atoms in total. The van der Waals surface area contributed by atoms with Crippen LogP contribution in [-0.4, -0.2) is 31.0 Å². The zero-order valence-corrected chi connectivity index (χ0v) is 36.4. The first kappa shape index (κ1) is 36.3. The summed E-state index contributed by atoms with van der Waals surface area (Å²) in [6.45, 7) is 26.9. The van der Waals surface area contributed by atoms with E-state index in [0.717, 1.165) is 55.7 Å². The molecule has 0 saturated carbocycles. The van der Waals surface area contributed by atoms with Crippen LogP contribution in [0.15, 0.2) is 65.8 Å². The molecule has 6 aromatic rings. The Bertz CT molecular complexity index is 2650. The zero-order chi connectivity index (χ0) is 40.5. The molecule has 286 valence electrons. The molecular weight excluding hydrogens is 862 g/mol. The smallest absolute Gasteiger partial charge is 0.523 e. The van der Waals surface area contributed by atoms with Crippen molar-refractivity contribution in [2.75, 3.05) is 0 Å². The molecule has 2 aliphatic rings. The van der Waals surface area contributed by atoms with Gasteiger partial charge in [0.1, 0.15) is 22.7 Å². The molecule has 1 aliphatic carbocycles. The Labute approximate surface area is 343 Å². The van der Waals surface area contributed by atoms with Crippen LogP contribution in [0.3, 0.4) is 0 Å². The average Bonchev–Trinajstić information content (AvgIpc) is 3.65. The van der Waals surface area contributed by atoms with Gasteiger partial charge in [0.25, 0.3) is 0 Å². The van der Waals surface area contributed by atoms with Gasteiger partial charge in [-0.15, -0.1) is 24.3 Å². The van der Waals surface area contributed by atoms with E-state index in [1.807, 2.05) is 78.9 Å². The molecular formula is C47H51N5O2Pt. The molecule has 1 aliphatic heterocycles. The van der Waals surface area contributed by atoms with Gasteiger partial charge >= 0.3 is 21.1 Å². The number of fused-ring (bicyclic) bond motifs is 6. The second-order valence-electron chi connectivity index (χ2n) is 18.4. The van der Waals surface area contributed by atoms with Crippen LogP contribution in [0.5, 0.6) is 11.5 Å². The number of ether oxygens (including phenoxy) is 2. The Morgan fingerprint density at radius 2 is 1.58 bits per heavy atom. The molecule has 5 heterocycles. The van der Waals surface area contributed by atoms with Gasteiger partial charge in [0.05, 0.1) is 11.2 Å². The van der Waals surface area contributed by atoms with E-state index in [1.54, 1.807) is 0 Å². The van der Waals surface area contributed by atoms with E-state index in [2.05, 4.69) is 88.6 Å². The quantitative estimate of drug-likeness (QED) is 0.165. The van der Waals surface area contributed by atoms with Crippen molar-refractivity contribution in [3.8, 4) is 17.2 Å². The molecule has 0 bridgehead atoms. The van der Waals surface area contributed by atoms with Gasteiger partial charge in [-0.3, -0.25) is 15.0 Å². The standard InChI is InChI=1S/C47H51N5O2.Pt/c1-27-19-31(52-39-17-16-30(43(4,5)6)22-35(39)34-15-14-18-48-41(34)52)23-32(20-27)53-33-24-37(50-40(25-33)44(7,8)9)42-51-46(13)36-21-28(2)29(3)49-38(36)26-47(46,54-42)45(10,11)12;/h14-22,25H,26H2,1-13H3;/q-2;+2/t46-,47-;/m1./s1/i26D2;. The van der Waals surface area contributed by atoms with Crippen molar-refractivity contribution in [2.24, 2.45) is 10.4 Å². The summed E-state index contributed by atoms with van der Waals surface area (Å²) in [5.74, 6) is 1.17. The summed E-state index contributed by atoms with van der Waals surface area (Å²) >= 11 is 0. The van der Waals surface area contributed by atoms with E-state index in [1.165, 1.54) is 5.56 Å². The minimum Gasteiger partial charge on any atom is -0.523 e. The molecule has 0 amide bonds. The minimum absolute atomic E-state index is 0. The monoisotopic (exact) mass is 914 g/mol. The fourth-order valence-electron chi connectivity index (χ4n) is 7.97. The third kappa shape index (κ3) is 6.22. The predicted octanol–water partition coefficient (Wildman–Crippen LogP) is 10.9. The molecule has 0 fully saturated rings. The molecule has 0 radical (unpaired) electrons. The van der Waals surface area contributed by atoms with Crippen LogP contribution < -0.4 is 4.74 Å². The fraction of sp³-hybridized carbons (Fsp3) is 0.404. The SMILES string of the molecule is [2H]C1([2H])c2nc(C)c(C)cc2[C@@]2(C)N=C(c3[c-]c(Oc4[c-]c(-n5c6ccc(C(C)(C)C)cc6c6cccnc65)cc(C)c4)cc(C(C)(C)C)n3)O[C@@]12C(C)(C)C.[Pt+2]. The normalized spacial score (nSPS) is 21.0. The molecule has 2 aromatic carbocycles. The maximum atomic E-state index is 9.65. The molecule has 0 spiro atoms. The number of aryl methyl sites for hydroxylation is 3. The second kappa shape index (κ2) is 12.8. The summed E-state index contributed by atoms with van der Waals surface area (Å²) in [4.78, 5) is 19.9. The molecule has 8 heteroatoms. The number of rotatable bonds is 4. The van der Waals surface area contributed by atoms with E-state index in [9.17, 15) is 2.74 Å². The van der Waals surface area contributed by atoms with Crippen molar-refractivity contribution >= 4 is 27.8 Å². The third-order valence-corrected chi connectivity index (χ3v) is 11.1. The molecule has 4 aromatic heterocycles. The Morgan fingerprint density at radius 1 is 0.855 bits per heavy atom. The van der Waals surface area contributed by atoms with Crippen LogP contribution in [-0.2, 0) is 48.5 Å². The van der Waals surface area contributed by atoms with Gasteiger partial charge < -0.3 is 14.0 Å². The molecule has 0 saturated heterocycles. The van der Waals surface area contributed by atoms with Crippen LogP contribution in [0.4, 0.5) is 0 Å². The Hall–Kier alpha value is -4.35. The van der Waals surface area contributed by atoms with E-state index in [4.69, 9.17) is 29.4 Å². The van der Waals surface area contributed by atoms with Crippen molar-refractivity contribution < 1.29 is 33.3 Å². The summed E-state index contributed by atoms with van der Waals surface area (Å²) in [5, 5.41) is 2.21.